The van der Waals surface area contributed by atoms with E-state index in [4.69, 9.17) is 4.42 Å². The van der Waals surface area contributed by atoms with E-state index in [1.165, 1.54) is 12.5 Å². The lowest BCUT2D eigenvalue weighted by molar-refractivity contribution is 0.0888. The van der Waals surface area contributed by atoms with Gasteiger partial charge in [-0.1, -0.05) is 19.3 Å². The first-order valence-corrected chi connectivity index (χ1v) is 5.83. The van der Waals surface area contributed by atoms with Crippen LogP contribution >= 0.6 is 0 Å². The molecule has 1 heterocycles. The number of aryl methyl sites for hydroxylation is 1. The molecule has 1 aromatic rings. The standard InChI is InChI=1S/C13H16O3/c1-9-7-11(8-12(14)16-9)13(15)10-5-3-2-4-6-10/h7-8,10H,2-6H2,1H3. The summed E-state index contributed by atoms with van der Waals surface area (Å²) in [5, 5.41) is 0. The van der Waals surface area contributed by atoms with Crippen LogP contribution in [0.3, 0.4) is 0 Å². The molecule has 0 radical (unpaired) electrons. The quantitative estimate of drug-likeness (QED) is 0.720. The molecule has 1 aliphatic rings. The van der Waals surface area contributed by atoms with Crippen molar-refractivity contribution in [2.75, 3.05) is 0 Å². The molecule has 0 aromatic carbocycles. The molecule has 1 aliphatic carbocycles. The number of carbonyl (C=O) groups is 1. The van der Waals surface area contributed by atoms with E-state index in [9.17, 15) is 9.59 Å². The van der Waals surface area contributed by atoms with Crippen molar-refractivity contribution in [1.82, 2.24) is 0 Å². The summed E-state index contributed by atoms with van der Waals surface area (Å²) in [5.74, 6) is 0.720. The largest absolute Gasteiger partial charge is 0.428 e. The number of hydrogen-bond donors (Lipinski definition) is 0. The third-order valence-electron chi connectivity index (χ3n) is 3.15. The van der Waals surface area contributed by atoms with Gasteiger partial charge in [0.2, 0.25) is 0 Å². The molecule has 0 saturated heterocycles. The van der Waals surface area contributed by atoms with Crippen molar-refractivity contribution < 1.29 is 9.21 Å². The van der Waals surface area contributed by atoms with E-state index in [-0.39, 0.29) is 11.7 Å². The van der Waals surface area contributed by atoms with Crippen LogP contribution in [-0.2, 0) is 0 Å². The van der Waals surface area contributed by atoms with Gasteiger partial charge in [-0.3, -0.25) is 4.79 Å². The molecule has 0 amide bonds. The van der Waals surface area contributed by atoms with Gasteiger partial charge in [-0.15, -0.1) is 0 Å². The van der Waals surface area contributed by atoms with Crippen molar-refractivity contribution in [2.45, 2.75) is 39.0 Å². The third kappa shape index (κ3) is 2.40. The zero-order chi connectivity index (χ0) is 11.5. The van der Waals surface area contributed by atoms with E-state index in [1.807, 2.05) is 0 Å². The van der Waals surface area contributed by atoms with Gasteiger partial charge in [-0.2, -0.15) is 0 Å². The molecule has 1 fully saturated rings. The Labute approximate surface area is 94.5 Å². The highest BCUT2D eigenvalue weighted by Crippen LogP contribution is 2.26. The van der Waals surface area contributed by atoms with E-state index in [0.717, 1.165) is 25.7 Å². The summed E-state index contributed by atoms with van der Waals surface area (Å²) in [6.45, 7) is 1.69. The lowest BCUT2D eigenvalue weighted by atomic mass is 9.84. The highest BCUT2D eigenvalue weighted by Gasteiger charge is 2.22. The Bertz CT molecular complexity index is 439. The molecular weight excluding hydrogens is 204 g/mol. The Balaban J connectivity index is 2.22. The molecule has 0 bridgehead atoms. The molecule has 0 aliphatic heterocycles. The van der Waals surface area contributed by atoms with Crippen molar-refractivity contribution >= 4 is 5.78 Å². The van der Waals surface area contributed by atoms with Gasteiger partial charge in [-0.05, 0) is 25.8 Å². The molecule has 1 aromatic heterocycles. The van der Waals surface area contributed by atoms with E-state index in [2.05, 4.69) is 0 Å². The molecule has 1 saturated carbocycles. The predicted molar refractivity (Wildman–Crippen MR) is 60.6 cm³/mol. The molecule has 0 spiro atoms. The van der Waals surface area contributed by atoms with Crippen molar-refractivity contribution in [2.24, 2.45) is 5.92 Å². The topological polar surface area (TPSA) is 47.3 Å². The maximum atomic E-state index is 12.1. The van der Waals surface area contributed by atoms with Crippen LogP contribution in [0.2, 0.25) is 0 Å². The zero-order valence-electron chi connectivity index (χ0n) is 9.49. The van der Waals surface area contributed by atoms with Crippen LogP contribution in [0, 0.1) is 12.8 Å². The minimum atomic E-state index is -0.431. The molecule has 3 nitrogen and oxygen atoms in total. The van der Waals surface area contributed by atoms with Gasteiger partial charge in [0.15, 0.2) is 5.78 Å². The Morgan fingerprint density at radius 2 is 1.94 bits per heavy atom. The van der Waals surface area contributed by atoms with Gasteiger partial charge in [-0.25, -0.2) is 4.79 Å². The summed E-state index contributed by atoms with van der Waals surface area (Å²) in [4.78, 5) is 23.3. The van der Waals surface area contributed by atoms with E-state index < -0.39 is 5.63 Å². The Morgan fingerprint density at radius 3 is 2.56 bits per heavy atom. The van der Waals surface area contributed by atoms with Gasteiger partial charge in [0.1, 0.15) is 5.76 Å². The molecule has 0 unspecified atom stereocenters. The molecule has 86 valence electrons. The Morgan fingerprint density at radius 1 is 1.25 bits per heavy atom. The smallest absolute Gasteiger partial charge is 0.336 e. The van der Waals surface area contributed by atoms with Gasteiger partial charge in [0.25, 0.3) is 0 Å². The average molecular weight is 220 g/mol. The van der Waals surface area contributed by atoms with Crippen LogP contribution in [0.25, 0.3) is 0 Å². The molecular formula is C13H16O3. The van der Waals surface area contributed by atoms with Crippen LogP contribution in [0.5, 0.6) is 0 Å². The highest BCUT2D eigenvalue weighted by molar-refractivity contribution is 5.97. The molecule has 0 atom stereocenters. The lowest BCUT2D eigenvalue weighted by Gasteiger charge is -2.20. The molecule has 16 heavy (non-hydrogen) atoms. The SMILES string of the molecule is Cc1cc(C(=O)C2CCCCC2)cc(=O)o1. The maximum absolute atomic E-state index is 12.1. The number of Topliss-reactive ketones (excluding diaryl/α,β-unsaturated/α-hetero) is 1. The van der Waals surface area contributed by atoms with Crippen LogP contribution in [0.4, 0.5) is 0 Å². The second-order valence-electron chi connectivity index (χ2n) is 4.47. The first-order valence-electron chi connectivity index (χ1n) is 5.83. The monoisotopic (exact) mass is 220 g/mol. The van der Waals surface area contributed by atoms with Crippen LogP contribution in [0.1, 0.15) is 48.2 Å². The summed E-state index contributed by atoms with van der Waals surface area (Å²) in [6.07, 6.45) is 5.38. The van der Waals surface area contributed by atoms with Crippen LogP contribution < -0.4 is 5.63 Å². The van der Waals surface area contributed by atoms with E-state index in [1.54, 1.807) is 13.0 Å². The first-order chi connectivity index (χ1) is 7.66. The summed E-state index contributed by atoms with van der Waals surface area (Å²) in [5.41, 5.74) is 0.0832. The van der Waals surface area contributed by atoms with Crippen molar-refractivity contribution in [3.05, 3.63) is 33.9 Å². The second-order valence-corrected chi connectivity index (χ2v) is 4.47. The summed E-state index contributed by atoms with van der Waals surface area (Å²) in [6, 6.07) is 2.97. The minimum absolute atomic E-state index is 0.106. The lowest BCUT2D eigenvalue weighted by Crippen LogP contribution is -2.19. The summed E-state index contributed by atoms with van der Waals surface area (Å²) in [7, 11) is 0. The number of carbonyl (C=O) groups excluding carboxylic acids is 1. The van der Waals surface area contributed by atoms with Gasteiger partial charge < -0.3 is 4.42 Å². The average Bonchev–Trinajstić information content (AvgIpc) is 2.28. The van der Waals surface area contributed by atoms with E-state index >= 15 is 0 Å². The first kappa shape index (κ1) is 11.1. The van der Waals surface area contributed by atoms with Crippen molar-refractivity contribution in [3.8, 4) is 0 Å². The van der Waals surface area contributed by atoms with Crippen molar-refractivity contribution in [1.29, 1.82) is 0 Å². The van der Waals surface area contributed by atoms with Crippen LogP contribution in [0.15, 0.2) is 21.3 Å². The van der Waals surface area contributed by atoms with Gasteiger partial charge >= 0.3 is 5.63 Å². The molecule has 3 heteroatoms. The number of hydrogen-bond acceptors (Lipinski definition) is 3. The molecule has 2 rings (SSSR count). The highest BCUT2D eigenvalue weighted by atomic mass is 16.4. The van der Waals surface area contributed by atoms with Gasteiger partial charge in [0, 0.05) is 17.5 Å². The van der Waals surface area contributed by atoms with Crippen LogP contribution in [-0.4, -0.2) is 5.78 Å². The summed E-state index contributed by atoms with van der Waals surface area (Å²) < 4.78 is 4.85. The normalized spacial score (nSPS) is 17.3. The van der Waals surface area contributed by atoms with Gasteiger partial charge in [0.05, 0.1) is 0 Å². The maximum Gasteiger partial charge on any atom is 0.336 e. The fourth-order valence-electron chi connectivity index (χ4n) is 2.35. The van der Waals surface area contributed by atoms with Crippen molar-refractivity contribution in [3.63, 3.8) is 0 Å². The fraction of sp³-hybridized carbons (Fsp3) is 0.538. The summed E-state index contributed by atoms with van der Waals surface area (Å²) >= 11 is 0. The molecule has 0 N–H and O–H groups in total. The third-order valence-corrected chi connectivity index (χ3v) is 3.15. The van der Waals surface area contributed by atoms with E-state index in [0.29, 0.717) is 11.3 Å². The second kappa shape index (κ2) is 4.64. The number of ketones is 1. The number of rotatable bonds is 2. The fourth-order valence-corrected chi connectivity index (χ4v) is 2.35. The predicted octanol–water partition coefficient (Wildman–Crippen LogP) is 2.71. The zero-order valence-corrected chi connectivity index (χ0v) is 9.49. The Kier molecular flexibility index (Phi) is 3.22. The minimum Gasteiger partial charge on any atom is -0.428 e. The Hall–Kier alpha value is -1.38.